The number of hydrogen-bond acceptors (Lipinski definition) is 4. The summed E-state index contributed by atoms with van der Waals surface area (Å²) >= 11 is 1.59. The van der Waals surface area contributed by atoms with Gasteiger partial charge in [-0.25, -0.2) is 0 Å². The van der Waals surface area contributed by atoms with Crippen LogP contribution in [0.15, 0.2) is 71.6 Å². The number of nitrogens with one attached hydrogen (secondary N) is 3. The summed E-state index contributed by atoms with van der Waals surface area (Å²) in [5, 5.41) is 8.10. The Morgan fingerprint density at radius 1 is 0.939 bits per heavy atom. The molecule has 6 heteroatoms. The lowest BCUT2D eigenvalue weighted by Gasteiger charge is -2.21. The quantitative estimate of drug-likeness (QED) is 0.372. The number of amides is 2. The summed E-state index contributed by atoms with van der Waals surface area (Å²) in [6.07, 6.45) is 2.88. The molecule has 0 heterocycles. The second-order valence-corrected chi connectivity index (χ2v) is 10.5. The Morgan fingerprint density at radius 3 is 2.33 bits per heavy atom. The fourth-order valence-electron chi connectivity index (χ4n) is 3.66. The van der Waals surface area contributed by atoms with Gasteiger partial charge in [0, 0.05) is 27.1 Å². The number of carbonyl (C=O) groups is 2. The fourth-order valence-corrected chi connectivity index (χ4v) is 4.51. The molecule has 1 saturated carbocycles. The minimum atomic E-state index is -0.569. The van der Waals surface area contributed by atoms with Crippen LogP contribution in [-0.2, 0) is 4.79 Å². The summed E-state index contributed by atoms with van der Waals surface area (Å²) in [5.41, 5.74) is 1.29. The summed E-state index contributed by atoms with van der Waals surface area (Å²) in [4.78, 5) is 27.1. The Kier molecular flexibility index (Phi) is 7.05. The van der Waals surface area contributed by atoms with E-state index in [0.29, 0.717) is 17.9 Å². The van der Waals surface area contributed by atoms with Crippen LogP contribution in [0.4, 0.5) is 5.69 Å². The highest BCUT2D eigenvalue weighted by Gasteiger charge is 2.31. The van der Waals surface area contributed by atoms with Crippen LogP contribution in [0, 0.1) is 5.92 Å². The molecule has 0 saturated heterocycles. The molecule has 1 atom stereocenters. The molecule has 172 valence electrons. The average molecular weight is 462 g/mol. The first-order chi connectivity index (χ1) is 15.8. The van der Waals surface area contributed by atoms with Gasteiger partial charge in [-0.3, -0.25) is 14.3 Å². The molecule has 0 aromatic heterocycles. The van der Waals surface area contributed by atoms with Crippen molar-refractivity contribution in [3.8, 4) is 0 Å². The summed E-state index contributed by atoms with van der Waals surface area (Å²) < 4.78 is 3.46. The van der Waals surface area contributed by atoms with E-state index < -0.39 is 6.04 Å². The summed E-state index contributed by atoms with van der Waals surface area (Å²) in [6.45, 7) is 6.38. The van der Waals surface area contributed by atoms with Gasteiger partial charge < -0.3 is 10.6 Å². The molecule has 3 N–H and O–H groups in total. The molecule has 3 aromatic carbocycles. The highest BCUT2D eigenvalue weighted by molar-refractivity contribution is 7.97. The highest BCUT2D eigenvalue weighted by Crippen LogP contribution is 2.35. The number of hydrogen-bond donors (Lipinski definition) is 3. The van der Waals surface area contributed by atoms with Gasteiger partial charge in [-0.05, 0) is 74.7 Å². The first kappa shape index (κ1) is 23.3. The van der Waals surface area contributed by atoms with Crippen molar-refractivity contribution in [2.24, 2.45) is 5.92 Å². The first-order valence-electron chi connectivity index (χ1n) is 11.4. The predicted octanol–water partition coefficient (Wildman–Crippen LogP) is 5.77. The predicted molar refractivity (Wildman–Crippen MR) is 136 cm³/mol. The van der Waals surface area contributed by atoms with Crippen molar-refractivity contribution in [1.29, 1.82) is 0 Å². The Bertz CT molecular complexity index is 1140. The maximum Gasteiger partial charge on any atom is 0.251 e. The van der Waals surface area contributed by atoms with E-state index in [4.69, 9.17) is 0 Å². The monoisotopic (exact) mass is 461 g/mol. The minimum Gasteiger partial charge on any atom is -0.340 e. The van der Waals surface area contributed by atoms with Crippen LogP contribution >= 0.6 is 11.9 Å². The Balaban J connectivity index is 1.54. The van der Waals surface area contributed by atoms with Crippen molar-refractivity contribution in [2.75, 3.05) is 5.32 Å². The number of carbonyl (C=O) groups excluding carboxylic acids is 2. The number of benzene rings is 3. The van der Waals surface area contributed by atoms with Crippen molar-refractivity contribution in [3.63, 3.8) is 0 Å². The third kappa shape index (κ3) is 6.36. The second-order valence-electron chi connectivity index (χ2n) is 9.67. The zero-order valence-electron chi connectivity index (χ0n) is 19.4. The van der Waals surface area contributed by atoms with E-state index in [9.17, 15) is 9.59 Å². The van der Waals surface area contributed by atoms with Crippen LogP contribution < -0.4 is 15.4 Å². The topological polar surface area (TPSA) is 70.2 Å². The summed E-state index contributed by atoms with van der Waals surface area (Å²) in [6, 6.07) is 20.5. The molecule has 0 spiro atoms. The molecule has 33 heavy (non-hydrogen) atoms. The average Bonchev–Trinajstić information content (AvgIpc) is 3.61. The Labute approximate surface area is 199 Å². The van der Waals surface area contributed by atoms with Crippen molar-refractivity contribution in [3.05, 3.63) is 72.3 Å². The van der Waals surface area contributed by atoms with Gasteiger partial charge in [0.25, 0.3) is 5.91 Å². The molecule has 2 amide bonds. The largest absolute Gasteiger partial charge is 0.340 e. The lowest BCUT2D eigenvalue weighted by atomic mass is 10.1. The molecule has 4 rings (SSSR count). The molecular formula is C27H31N3O2S. The zero-order chi connectivity index (χ0) is 23.4. The molecule has 5 nitrogen and oxygen atoms in total. The third-order valence-electron chi connectivity index (χ3n) is 5.53. The summed E-state index contributed by atoms with van der Waals surface area (Å²) in [5.74, 6) is 0.0987. The minimum absolute atomic E-state index is 0.0222. The van der Waals surface area contributed by atoms with Crippen molar-refractivity contribution in [2.45, 2.75) is 56.5 Å². The van der Waals surface area contributed by atoms with E-state index in [2.05, 4.69) is 48.3 Å². The van der Waals surface area contributed by atoms with E-state index >= 15 is 0 Å². The Hall–Kier alpha value is -2.83. The molecule has 0 aliphatic heterocycles. The second kappa shape index (κ2) is 9.98. The lowest BCUT2D eigenvalue weighted by Crippen LogP contribution is -2.44. The van der Waals surface area contributed by atoms with Gasteiger partial charge in [-0.15, -0.1) is 0 Å². The van der Waals surface area contributed by atoms with E-state index in [0.717, 1.165) is 34.2 Å². The van der Waals surface area contributed by atoms with E-state index in [-0.39, 0.29) is 17.4 Å². The summed E-state index contributed by atoms with van der Waals surface area (Å²) in [7, 11) is 0. The molecule has 1 aliphatic rings. The van der Waals surface area contributed by atoms with Crippen LogP contribution in [0.3, 0.4) is 0 Å². The molecular weight excluding hydrogens is 430 g/mol. The third-order valence-corrected chi connectivity index (χ3v) is 6.82. The molecule has 3 aromatic rings. The van der Waals surface area contributed by atoms with Crippen LogP contribution in [0.25, 0.3) is 10.8 Å². The molecule has 0 radical (unpaired) electrons. The smallest absolute Gasteiger partial charge is 0.251 e. The molecule has 1 fully saturated rings. The molecule has 0 bridgehead atoms. The Morgan fingerprint density at radius 2 is 1.64 bits per heavy atom. The van der Waals surface area contributed by atoms with Gasteiger partial charge >= 0.3 is 0 Å². The van der Waals surface area contributed by atoms with Gasteiger partial charge in [-0.1, -0.05) is 55.3 Å². The van der Waals surface area contributed by atoms with E-state index in [1.807, 2.05) is 42.5 Å². The lowest BCUT2D eigenvalue weighted by molar-refractivity contribution is -0.118. The van der Waals surface area contributed by atoms with Gasteiger partial charge in [-0.2, -0.15) is 0 Å². The normalized spacial score (nSPS) is 14.6. The van der Waals surface area contributed by atoms with Gasteiger partial charge in [0.1, 0.15) is 6.04 Å². The maximum atomic E-state index is 13.3. The molecule has 0 unspecified atom stereocenters. The number of anilines is 1. The van der Waals surface area contributed by atoms with Crippen LogP contribution in [-0.4, -0.2) is 23.4 Å². The fraction of sp³-hybridized carbons (Fsp3) is 0.333. The standard InChI is InChI=1S/C27H31N3O2S/c1-27(2,3)30-33-24-14-8-11-20-21(24)12-7-13-22(20)28-26(32)23(17-18-15-16-18)29-25(31)19-9-5-4-6-10-19/h4-14,18,23,30H,15-17H2,1-3H3,(H,28,32)(H,29,31)/t23-/m0/s1. The van der Waals surface area contributed by atoms with E-state index in [1.165, 1.54) is 0 Å². The van der Waals surface area contributed by atoms with Crippen molar-refractivity contribution >= 4 is 40.2 Å². The van der Waals surface area contributed by atoms with Gasteiger partial charge in [0.05, 0.1) is 0 Å². The zero-order valence-corrected chi connectivity index (χ0v) is 20.2. The SMILES string of the molecule is CC(C)(C)NSc1cccc2c(NC(=O)[C@H](CC3CC3)NC(=O)c3ccccc3)cccc12. The highest BCUT2D eigenvalue weighted by atomic mass is 32.2. The molecule has 1 aliphatic carbocycles. The van der Waals surface area contributed by atoms with Crippen LogP contribution in [0.5, 0.6) is 0 Å². The maximum absolute atomic E-state index is 13.3. The van der Waals surface area contributed by atoms with Crippen LogP contribution in [0.2, 0.25) is 0 Å². The van der Waals surface area contributed by atoms with Crippen LogP contribution in [0.1, 0.15) is 50.4 Å². The van der Waals surface area contributed by atoms with Crippen molar-refractivity contribution in [1.82, 2.24) is 10.0 Å². The van der Waals surface area contributed by atoms with E-state index in [1.54, 1.807) is 24.1 Å². The van der Waals surface area contributed by atoms with Crippen molar-refractivity contribution < 1.29 is 9.59 Å². The van der Waals surface area contributed by atoms with Gasteiger partial charge in [0.2, 0.25) is 5.91 Å². The first-order valence-corrected chi connectivity index (χ1v) is 12.2. The number of rotatable bonds is 8. The number of fused-ring (bicyclic) bond motifs is 1. The van der Waals surface area contributed by atoms with Gasteiger partial charge in [0.15, 0.2) is 0 Å².